The lowest BCUT2D eigenvalue weighted by molar-refractivity contribution is -0.115. The summed E-state index contributed by atoms with van der Waals surface area (Å²) in [4.78, 5) is 25.1. The average Bonchev–Trinajstić information content (AvgIpc) is 3.12. The van der Waals surface area contributed by atoms with Crippen LogP contribution in [0.4, 0.5) is 5.13 Å². The first kappa shape index (κ1) is 18.3. The molecule has 0 spiro atoms. The lowest BCUT2D eigenvalue weighted by atomic mass is 10.2. The van der Waals surface area contributed by atoms with Gasteiger partial charge >= 0.3 is 0 Å². The van der Waals surface area contributed by atoms with Crippen molar-refractivity contribution in [2.45, 2.75) is 24.3 Å². The molecule has 3 rings (SSSR count). The molecule has 2 heterocycles. The maximum Gasteiger partial charge on any atom is 0.239 e. The summed E-state index contributed by atoms with van der Waals surface area (Å²) in [5, 5.41) is 5.59. The zero-order valence-corrected chi connectivity index (χ0v) is 16.0. The Hall–Kier alpha value is -2.45. The standard InChI is InChI=1S/C18H18N4O2S2/c1-3-24-14-7-5-13(6-8-14)15-11-25-18(21-15)22-16(23)12(2)26-17-19-9-4-10-20-17/h4-12H,3H2,1-2H3,(H,21,22,23). The van der Waals surface area contributed by atoms with Crippen molar-refractivity contribution in [3.8, 4) is 17.0 Å². The molecule has 0 saturated heterocycles. The summed E-state index contributed by atoms with van der Waals surface area (Å²) in [7, 11) is 0. The number of carbonyl (C=O) groups excluding carboxylic acids is 1. The number of carbonyl (C=O) groups is 1. The minimum atomic E-state index is -0.324. The fourth-order valence-electron chi connectivity index (χ4n) is 2.12. The molecule has 1 atom stereocenters. The lowest BCUT2D eigenvalue weighted by Gasteiger charge is -2.08. The van der Waals surface area contributed by atoms with E-state index < -0.39 is 0 Å². The van der Waals surface area contributed by atoms with Gasteiger partial charge in [-0.25, -0.2) is 15.0 Å². The van der Waals surface area contributed by atoms with Gasteiger partial charge < -0.3 is 10.1 Å². The second-order valence-corrected chi connectivity index (χ2v) is 7.44. The molecule has 0 saturated carbocycles. The Morgan fingerprint density at radius 1 is 1.27 bits per heavy atom. The van der Waals surface area contributed by atoms with Crippen LogP contribution in [0.5, 0.6) is 5.75 Å². The molecule has 2 aromatic heterocycles. The van der Waals surface area contributed by atoms with Crippen LogP contribution in [0.2, 0.25) is 0 Å². The molecule has 0 aliphatic rings. The monoisotopic (exact) mass is 386 g/mol. The van der Waals surface area contributed by atoms with E-state index in [0.29, 0.717) is 16.9 Å². The van der Waals surface area contributed by atoms with Crippen molar-refractivity contribution >= 4 is 34.1 Å². The summed E-state index contributed by atoms with van der Waals surface area (Å²) >= 11 is 2.71. The molecular formula is C18H18N4O2S2. The first-order chi connectivity index (χ1) is 12.7. The number of rotatable bonds is 7. The summed E-state index contributed by atoms with van der Waals surface area (Å²) in [5.41, 5.74) is 1.80. The molecule has 1 aromatic carbocycles. The second kappa shape index (κ2) is 8.77. The highest BCUT2D eigenvalue weighted by Gasteiger charge is 2.17. The van der Waals surface area contributed by atoms with Crippen LogP contribution in [0.1, 0.15) is 13.8 Å². The van der Waals surface area contributed by atoms with Crippen molar-refractivity contribution in [3.63, 3.8) is 0 Å². The van der Waals surface area contributed by atoms with E-state index in [1.807, 2.05) is 43.5 Å². The second-order valence-electron chi connectivity index (χ2n) is 5.28. The summed E-state index contributed by atoms with van der Waals surface area (Å²) in [5.74, 6) is 0.698. The predicted octanol–water partition coefficient (Wildman–Crippen LogP) is 4.12. The van der Waals surface area contributed by atoms with E-state index in [0.717, 1.165) is 17.0 Å². The Bertz CT molecular complexity index is 853. The van der Waals surface area contributed by atoms with Crippen LogP contribution in [0.15, 0.2) is 53.3 Å². The van der Waals surface area contributed by atoms with Gasteiger partial charge in [0.1, 0.15) is 5.75 Å². The molecule has 3 aromatic rings. The van der Waals surface area contributed by atoms with Crippen molar-refractivity contribution < 1.29 is 9.53 Å². The van der Waals surface area contributed by atoms with Gasteiger partial charge in [-0.1, -0.05) is 11.8 Å². The van der Waals surface area contributed by atoms with Crippen molar-refractivity contribution in [1.82, 2.24) is 15.0 Å². The van der Waals surface area contributed by atoms with Crippen molar-refractivity contribution in [3.05, 3.63) is 48.1 Å². The van der Waals surface area contributed by atoms with E-state index in [-0.39, 0.29) is 11.2 Å². The maximum absolute atomic E-state index is 12.3. The number of anilines is 1. The normalized spacial score (nSPS) is 11.8. The van der Waals surface area contributed by atoms with Crippen LogP contribution >= 0.6 is 23.1 Å². The highest BCUT2D eigenvalue weighted by Crippen LogP contribution is 2.27. The van der Waals surface area contributed by atoms with Crippen molar-refractivity contribution in [2.24, 2.45) is 0 Å². The molecule has 0 aliphatic carbocycles. The molecule has 26 heavy (non-hydrogen) atoms. The molecule has 0 radical (unpaired) electrons. The van der Waals surface area contributed by atoms with E-state index in [2.05, 4.69) is 20.3 Å². The molecule has 6 nitrogen and oxygen atoms in total. The Morgan fingerprint density at radius 2 is 2.00 bits per heavy atom. The molecule has 1 unspecified atom stereocenters. The molecular weight excluding hydrogens is 368 g/mol. The van der Waals surface area contributed by atoms with Crippen LogP contribution in [0.25, 0.3) is 11.3 Å². The largest absolute Gasteiger partial charge is 0.494 e. The van der Waals surface area contributed by atoms with Crippen molar-refractivity contribution in [2.75, 3.05) is 11.9 Å². The van der Waals surface area contributed by atoms with E-state index in [1.165, 1.54) is 23.1 Å². The highest BCUT2D eigenvalue weighted by molar-refractivity contribution is 8.00. The van der Waals surface area contributed by atoms with Crippen molar-refractivity contribution in [1.29, 1.82) is 0 Å². The van der Waals surface area contributed by atoms with Gasteiger partial charge in [0, 0.05) is 23.3 Å². The number of hydrogen-bond acceptors (Lipinski definition) is 7. The third-order valence-corrected chi connectivity index (χ3v) is 5.14. The van der Waals surface area contributed by atoms with Crippen LogP contribution in [-0.2, 0) is 4.79 Å². The molecule has 0 bridgehead atoms. The van der Waals surface area contributed by atoms with E-state index in [4.69, 9.17) is 4.74 Å². The SMILES string of the molecule is CCOc1ccc(-c2csc(NC(=O)C(C)Sc3ncccn3)n2)cc1. The van der Waals surface area contributed by atoms with E-state index in [9.17, 15) is 4.79 Å². The molecule has 0 aliphatic heterocycles. The molecule has 0 fully saturated rings. The molecule has 8 heteroatoms. The summed E-state index contributed by atoms with van der Waals surface area (Å²) < 4.78 is 5.44. The third kappa shape index (κ3) is 4.80. The first-order valence-corrected chi connectivity index (χ1v) is 9.85. The lowest BCUT2D eigenvalue weighted by Crippen LogP contribution is -2.22. The van der Waals surface area contributed by atoms with Crippen LogP contribution in [0.3, 0.4) is 0 Å². The zero-order chi connectivity index (χ0) is 18.4. The first-order valence-electron chi connectivity index (χ1n) is 8.09. The van der Waals surface area contributed by atoms with E-state index >= 15 is 0 Å². The van der Waals surface area contributed by atoms with Gasteiger partial charge in [0.15, 0.2) is 10.3 Å². The summed E-state index contributed by atoms with van der Waals surface area (Å²) in [6.45, 7) is 4.40. The van der Waals surface area contributed by atoms with Gasteiger partial charge in [-0.2, -0.15) is 0 Å². The van der Waals surface area contributed by atoms with E-state index in [1.54, 1.807) is 18.5 Å². The third-order valence-electron chi connectivity index (χ3n) is 3.39. The Balaban J connectivity index is 1.61. The molecule has 1 amide bonds. The number of benzene rings is 1. The number of aromatic nitrogens is 3. The average molecular weight is 387 g/mol. The van der Waals surface area contributed by atoms with Crippen LogP contribution in [0, 0.1) is 0 Å². The fourth-order valence-corrected chi connectivity index (χ4v) is 3.57. The van der Waals surface area contributed by atoms with Crippen LogP contribution in [-0.4, -0.2) is 32.7 Å². The van der Waals surface area contributed by atoms with Gasteiger partial charge in [0.25, 0.3) is 0 Å². The number of nitrogens with one attached hydrogen (secondary N) is 1. The number of ether oxygens (including phenoxy) is 1. The maximum atomic E-state index is 12.3. The summed E-state index contributed by atoms with van der Waals surface area (Å²) in [6.07, 6.45) is 3.31. The number of amides is 1. The fraction of sp³-hybridized carbons (Fsp3) is 0.222. The van der Waals surface area contributed by atoms with Gasteiger partial charge in [-0.3, -0.25) is 4.79 Å². The van der Waals surface area contributed by atoms with Gasteiger partial charge in [-0.15, -0.1) is 11.3 Å². The quantitative estimate of drug-likeness (QED) is 0.486. The molecule has 1 N–H and O–H groups in total. The van der Waals surface area contributed by atoms with Crippen LogP contribution < -0.4 is 10.1 Å². The summed E-state index contributed by atoms with van der Waals surface area (Å²) in [6, 6.07) is 9.48. The smallest absolute Gasteiger partial charge is 0.239 e. The number of thioether (sulfide) groups is 1. The minimum Gasteiger partial charge on any atom is -0.494 e. The Kier molecular flexibility index (Phi) is 6.19. The predicted molar refractivity (Wildman–Crippen MR) is 105 cm³/mol. The highest BCUT2D eigenvalue weighted by atomic mass is 32.2. The number of hydrogen-bond donors (Lipinski definition) is 1. The van der Waals surface area contributed by atoms with Gasteiger partial charge in [0.2, 0.25) is 5.91 Å². The topological polar surface area (TPSA) is 77.0 Å². The molecule has 134 valence electrons. The number of thiazole rings is 1. The zero-order valence-electron chi connectivity index (χ0n) is 14.4. The van der Waals surface area contributed by atoms with Gasteiger partial charge in [0.05, 0.1) is 17.6 Å². The van der Waals surface area contributed by atoms with Gasteiger partial charge in [-0.05, 0) is 44.2 Å². The Labute approximate surface area is 160 Å². The number of nitrogens with zero attached hydrogens (tertiary/aromatic N) is 3. The Morgan fingerprint density at radius 3 is 2.69 bits per heavy atom. The minimum absolute atomic E-state index is 0.130.